The largest absolute Gasteiger partial charge is 0.0654 e. The summed E-state index contributed by atoms with van der Waals surface area (Å²) in [6.07, 6.45) is 42.0. The highest BCUT2D eigenvalue weighted by atomic mass is 14.2. The van der Waals surface area contributed by atoms with Crippen molar-refractivity contribution in [2.45, 2.75) is 220 Å². The third-order valence-corrected chi connectivity index (χ3v) is 11.8. The molecular formula is C50H82. The summed E-state index contributed by atoms with van der Waals surface area (Å²) in [4.78, 5) is 0. The molecular weight excluding hydrogens is 601 g/mol. The smallest absolute Gasteiger partial charge is 0.0175 e. The molecule has 0 aliphatic rings. The number of unbranched alkanes of at least 4 members (excludes halogenated alkanes) is 20. The van der Waals surface area contributed by atoms with Crippen molar-refractivity contribution in [2.24, 2.45) is 11.8 Å². The van der Waals surface area contributed by atoms with Gasteiger partial charge in [0.1, 0.15) is 0 Å². The van der Waals surface area contributed by atoms with E-state index in [4.69, 9.17) is 0 Å². The maximum absolute atomic E-state index is 2.54. The Balaban J connectivity index is 1.63. The SMILES string of the molecule is CCCCCCCCC(CCCCCCCC)Cc1ccc2cc3cc(CC(CCCCCCCC)CCCCCCCC)ccc3cc2c1. The molecule has 3 aromatic rings. The van der Waals surface area contributed by atoms with Crippen molar-refractivity contribution >= 4 is 21.5 Å². The minimum Gasteiger partial charge on any atom is -0.0654 e. The number of benzene rings is 3. The zero-order valence-electron chi connectivity index (χ0n) is 34.0. The van der Waals surface area contributed by atoms with E-state index in [-0.39, 0.29) is 0 Å². The molecule has 282 valence electrons. The molecule has 0 N–H and O–H groups in total. The van der Waals surface area contributed by atoms with E-state index < -0.39 is 0 Å². The molecule has 0 spiro atoms. The number of hydrogen-bond acceptors (Lipinski definition) is 0. The van der Waals surface area contributed by atoms with Gasteiger partial charge in [-0.1, -0.05) is 244 Å². The van der Waals surface area contributed by atoms with Crippen LogP contribution in [-0.2, 0) is 12.8 Å². The van der Waals surface area contributed by atoms with Gasteiger partial charge in [0.25, 0.3) is 0 Å². The first-order chi connectivity index (χ1) is 24.7. The van der Waals surface area contributed by atoms with Gasteiger partial charge in [0, 0.05) is 0 Å². The lowest BCUT2D eigenvalue weighted by molar-refractivity contribution is 0.401. The standard InChI is InChI=1S/C50H82/c1-5-9-13-17-21-25-29-43(30-26-22-18-14-10-6-2)37-45-33-35-47-42-50-40-46(34-36-48(50)41-49(47)39-45)38-44(31-27-23-19-15-11-7-3)32-28-24-20-16-12-8-4/h33-36,39-44H,5-32,37-38H2,1-4H3. The van der Waals surface area contributed by atoms with Crippen molar-refractivity contribution in [3.8, 4) is 0 Å². The molecule has 0 amide bonds. The third-order valence-electron chi connectivity index (χ3n) is 11.8. The highest BCUT2D eigenvalue weighted by molar-refractivity contribution is 5.98. The van der Waals surface area contributed by atoms with Crippen LogP contribution < -0.4 is 0 Å². The van der Waals surface area contributed by atoms with E-state index in [2.05, 4.69) is 76.2 Å². The Morgan fingerprint density at radius 2 is 0.580 bits per heavy atom. The molecule has 0 nitrogen and oxygen atoms in total. The van der Waals surface area contributed by atoms with Gasteiger partial charge in [-0.3, -0.25) is 0 Å². The van der Waals surface area contributed by atoms with E-state index >= 15 is 0 Å². The Labute approximate surface area is 312 Å². The van der Waals surface area contributed by atoms with Crippen molar-refractivity contribution in [2.75, 3.05) is 0 Å². The van der Waals surface area contributed by atoms with Crippen LogP contribution in [0.25, 0.3) is 21.5 Å². The van der Waals surface area contributed by atoms with E-state index in [1.54, 1.807) is 11.1 Å². The number of fused-ring (bicyclic) bond motifs is 2. The fourth-order valence-electron chi connectivity index (χ4n) is 8.57. The topological polar surface area (TPSA) is 0 Å². The summed E-state index contributed by atoms with van der Waals surface area (Å²) in [6, 6.07) is 19.8. The summed E-state index contributed by atoms with van der Waals surface area (Å²) in [5.41, 5.74) is 3.12. The normalized spacial score (nSPS) is 12.0. The monoisotopic (exact) mass is 683 g/mol. The van der Waals surface area contributed by atoms with Crippen LogP contribution in [0.1, 0.15) is 219 Å². The van der Waals surface area contributed by atoms with Crippen molar-refractivity contribution in [3.05, 3.63) is 59.7 Å². The second kappa shape index (κ2) is 27.8. The Morgan fingerprint density at radius 1 is 0.300 bits per heavy atom. The van der Waals surface area contributed by atoms with E-state index in [0.29, 0.717) is 0 Å². The summed E-state index contributed by atoms with van der Waals surface area (Å²) in [6.45, 7) is 9.30. The Morgan fingerprint density at radius 3 is 0.880 bits per heavy atom. The van der Waals surface area contributed by atoms with Crippen molar-refractivity contribution in [1.29, 1.82) is 0 Å². The zero-order chi connectivity index (χ0) is 35.5. The number of hydrogen-bond donors (Lipinski definition) is 0. The van der Waals surface area contributed by atoms with Crippen LogP contribution in [-0.4, -0.2) is 0 Å². The predicted molar refractivity (Wildman–Crippen MR) is 228 cm³/mol. The first-order valence-corrected chi connectivity index (χ1v) is 22.6. The van der Waals surface area contributed by atoms with Gasteiger partial charge in [-0.15, -0.1) is 0 Å². The van der Waals surface area contributed by atoms with Crippen LogP contribution in [0.2, 0.25) is 0 Å². The lowest BCUT2D eigenvalue weighted by Gasteiger charge is -2.18. The molecule has 0 aliphatic heterocycles. The van der Waals surface area contributed by atoms with E-state index in [0.717, 1.165) is 11.8 Å². The predicted octanol–water partition coefficient (Wildman–Crippen LogP) is 17.3. The van der Waals surface area contributed by atoms with Gasteiger partial charge in [-0.2, -0.15) is 0 Å². The quantitative estimate of drug-likeness (QED) is 0.0454. The Hall–Kier alpha value is -1.82. The molecule has 0 saturated heterocycles. The van der Waals surface area contributed by atoms with E-state index in [1.165, 1.54) is 214 Å². The molecule has 3 aromatic carbocycles. The molecule has 0 aliphatic carbocycles. The molecule has 50 heavy (non-hydrogen) atoms. The van der Waals surface area contributed by atoms with Gasteiger partial charge in [-0.05, 0) is 69.5 Å². The van der Waals surface area contributed by atoms with E-state index in [9.17, 15) is 0 Å². The Bertz CT molecular complexity index is 1110. The molecule has 0 heterocycles. The molecule has 0 atom stereocenters. The van der Waals surface area contributed by atoms with Crippen molar-refractivity contribution in [1.82, 2.24) is 0 Å². The summed E-state index contributed by atoms with van der Waals surface area (Å²) < 4.78 is 0. The Kier molecular flexibility index (Phi) is 23.7. The van der Waals surface area contributed by atoms with Crippen LogP contribution in [0.15, 0.2) is 48.5 Å². The minimum absolute atomic E-state index is 0.841. The van der Waals surface area contributed by atoms with Gasteiger partial charge in [0.15, 0.2) is 0 Å². The van der Waals surface area contributed by atoms with Gasteiger partial charge in [-0.25, -0.2) is 0 Å². The highest BCUT2D eigenvalue weighted by Gasteiger charge is 2.13. The van der Waals surface area contributed by atoms with E-state index in [1.807, 2.05) is 0 Å². The van der Waals surface area contributed by atoms with Gasteiger partial charge >= 0.3 is 0 Å². The lowest BCUT2D eigenvalue weighted by Crippen LogP contribution is -2.06. The second-order valence-corrected chi connectivity index (χ2v) is 16.6. The summed E-state index contributed by atoms with van der Waals surface area (Å²) in [5.74, 6) is 1.68. The zero-order valence-corrected chi connectivity index (χ0v) is 34.0. The summed E-state index contributed by atoms with van der Waals surface area (Å²) >= 11 is 0. The molecule has 0 aromatic heterocycles. The molecule has 0 bridgehead atoms. The van der Waals surface area contributed by atoms with Crippen LogP contribution in [0.4, 0.5) is 0 Å². The van der Waals surface area contributed by atoms with Crippen LogP contribution in [0, 0.1) is 11.8 Å². The molecule has 0 saturated carbocycles. The first-order valence-electron chi connectivity index (χ1n) is 22.6. The fraction of sp³-hybridized carbons (Fsp3) is 0.720. The summed E-state index contributed by atoms with van der Waals surface area (Å²) in [7, 11) is 0. The molecule has 0 radical (unpaired) electrons. The van der Waals surface area contributed by atoms with Crippen molar-refractivity contribution < 1.29 is 0 Å². The lowest BCUT2D eigenvalue weighted by atomic mass is 9.87. The second-order valence-electron chi connectivity index (χ2n) is 16.6. The van der Waals surface area contributed by atoms with Crippen LogP contribution in [0.3, 0.4) is 0 Å². The van der Waals surface area contributed by atoms with Gasteiger partial charge < -0.3 is 0 Å². The average Bonchev–Trinajstić information content (AvgIpc) is 3.12. The third kappa shape index (κ3) is 18.1. The molecule has 3 rings (SSSR count). The summed E-state index contributed by atoms with van der Waals surface area (Å²) in [5, 5.41) is 5.70. The molecule has 0 unspecified atom stereocenters. The number of rotatable bonds is 32. The maximum Gasteiger partial charge on any atom is -0.0175 e. The fourth-order valence-corrected chi connectivity index (χ4v) is 8.57. The first kappa shape index (κ1) is 42.6. The molecule has 0 heteroatoms. The van der Waals surface area contributed by atoms with Crippen LogP contribution in [0.5, 0.6) is 0 Å². The molecule has 0 fully saturated rings. The minimum atomic E-state index is 0.841. The van der Waals surface area contributed by atoms with Gasteiger partial charge in [0.2, 0.25) is 0 Å². The highest BCUT2D eigenvalue weighted by Crippen LogP contribution is 2.30. The van der Waals surface area contributed by atoms with Gasteiger partial charge in [0.05, 0.1) is 0 Å². The maximum atomic E-state index is 2.54. The average molecular weight is 683 g/mol. The van der Waals surface area contributed by atoms with Crippen molar-refractivity contribution in [3.63, 3.8) is 0 Å². The van der Waals surface area contributed by atoms with Crippen LogP contribution >= 0.6 is 0 Å².